The summed E-state index contributed by atoms with van der Waals surface area (Å²) in [7, 11) is 0. The number of hydrogen-bond acceptors (Lipinski definition) is 0. The lowest BCUT2D eigenvalue weighted by atomic mass is 9.71. The van der Waals surface area contributed by atoms with Crippen LogP contribution in [0.1, 0.15) is 23.6 Å². The van der Waals surface area contributed by atoms with Crippen molar-refractivity contribution in [3.63, 3.8) is 0 Å². The zero-order valence-electron chi connectivity index (χ0n) is 11.5. The molecular weight excluding hydrogens is 240 g/mol. The molecule has 3 rings (SSSR count). The van der Waals surface area contributed by atoms with Gasteiger partial charge in [0.1, 0.15) is 0 Å². The summed E-state index contributed by atoms with van der Waals surface area (Å²) in [6.07, 6.45) is 0. The van der Waals surface area contributed by atoms with Gasteiger partial charge in [0, 0.05) is 5.41 Å². The van der Waals surface area contributed by atoms with Gasteiger partial charge in [-0.3, -0.25) is 0 Å². The summed E-state index contributed by atoms with van der Waals surface area (Å²) >= 11 is 0. The average molecular weight is 256 g/mol. The normalized spacial score (nSPS) is 11.2. The average Bonchev–Trinajstić information content (AvgIpc) is 2.56. The first kappa shape index (κ1) is 12.7. The van der Waals surface area contributed by atoms with Gasteiger partial charge in [0.2, 0.25) is 0 Å². The summed E-state index contributed by atoms with van der Waals surface area (Å²) in [5, 5.41) is 0. The van der Waals surface area contributed by atoms with Gasteiger partial charge in [-0.25, -0.2) is 0 Å². The Bertz CT molecular complexity index is 558. The molecule has 3 aromatic carbocycles. The Morgan fingerprint density at radius 1 is 0.650 bits per heavy atom. The van der Waals surface area contributed by atoms with E-state index in [2.05, 4.69) is 67.6 Å². The Morgan fingerprint density at radius 3 is 1.60 bits per heavy atom. The molecule has 0 aliphatic rings. The zero-order valence-corrected chi connectivity index (χ0v) is 11.5. The van der Waals surface area contributed by atoms with Crippen LogP contribution >= 0.6 is 0 Å². The number of hydrogen-bond donors (Lipinski definition) is 0. The molecule has 0 unspecified atom stereocenters. The zero-order chi connectivity index (χ0) is 13.8. The van der Waals surface area contributed by atoms with Crippen molar-refractivity contribution in [1.82, 2.24) is 0 Å². The summed E-state index contributed by atoms with van der Waals surface area (Å²) in [5.74, 6) is 0. The van der Waals surface area contributed by atoms with Crippen LogP contribution in [0.25, 0.3) is 0 Å². The van der Waals surface area contributed by atoms with Crippen LogP contribution in [0.3, 0.4) is 0 Å². The van der Waals surface area contributed by atoms with Crippen molar-refractivity contribution in [2.75, 3.05) is 0 Å². The standard InChI is InChI=1S/C20H16/c1-20(17-11-5-2-6-12-17,18-13-7-3-8-14-18)19-15-9-4-10-16-19/h2-13,15H,1H3. The van der Waals surface area contributed by atoms with Crippen LogP contribution in [0, 0.1) is 12.1 Å². The maximum absolute atomic E-state index is 3.39. The molecule has 0 nitrogen and oxygen atoms in total. The molecule has 0 N–H and O–H groups in total. The minimum atomic E-state index is -0.232. The summed E-state index contributed by atoms with van der Waals surface area (Å²) < 4.78 is 0. The van der Waals surface area contributed by atoms with E-state index in [1.54, 1.807) is 0 Å². The van der Waals surface area contributed by atoms with E-state index >= 15 is 0 Å². The van der Waals surface area contributed by atoms with Crippen LogP contribution in [0.4, 0.5) is 0 Å². The first-order valence-electron chi connectivity index (χ1n) is 6.82. The summed E-state index contributed by atoms with van der Waals surface area (Å²) in [6.45, 7) is 2.24. The largest absolute Gasteiger partial charge is 0.0622 e. The lowest BCUT2D eigenvalue weighted by molar-refractivity contribution is 0.690. The van der Waals surface area contributed by atoms with E-state index in [0.29, 0.717) is 0 Å². The second-order valence-electron chi connectivity index (χ2n) is 5.04. The number of rotatable bonds is 3. The molecule has 0 saturated heterocycles. The van der Waals surface area contributed by atoms with E-state index in [1.807, 2.05) is 30.3 Å². The van der Waals surface area contributed by atoms with Crippen molar-refractivity contribution >= 4 is 0 Å². The fourth-order valence-electron chi connectivity index (χ4n) is 2.64. The van der Waals surface area contributed by atoms with Crippen LogP contribution in [-0.2, 0) is 5.41 Å². The first-order chi connectivity index (χ1) is 9.82. The number of benzene rings is 3. The molecule has 0 amide bonds. The van der Waals surface area contributed by atoms with Crippen molar-refractivity contribution in [3.05, 3.63) is 108 Å². The molecule has 20 heavy (non-hydrogen) atoms. The van der Waals surface area contributed by atoms with Gasteiger partial charge in [0.05, 0.1) is 0 Å². The molecule has 96 valence electrons. The fourth-order valence-corrected chi connectivity index (χ4v) is 2.64. The van der Waals surface area contributed by atoms with E-state index in [9.17, 15) is 0 Å². The van der Waals surface area contributed by atoms with Gasteiger partial charge >= 0.3 is 0 Å². The van der Waals surface area contributed by atoms with Crippen molar-refractivity contribution < 1.29 is 0 Å². The summed E-state index contributed by atoms with van der Waals surface area (Å²) in [4.78, 5) is 0. The summed E-state index contributed by atoms with van der Waals surface area (Å²) in [5.41, 5.74) is 3.34. The molecule has 0 aromatic heterocycles. The molecule has 0 aliphatic heterocycles. The maximum Gasteiger partial charge on any atom is 0.0435 e. The van der Waals surface area contributed by atoms with Crippen LogP contribution in [0.5, 0.6) is 0 Å². The highest BCUT2D eigenvalue weighted by Gasteiger charge is 2.30. The summed E-state index contributed by atoms with van der Waals surface area (Å²) in [6, 6.07) is 33.7. The molecule has 0 heteroatoms. The fraction of sp³-hybridized carbons (Fsp3) is 0.100. The third-order valence-corrected chi connectivity index (χ3v) is 3.85. The highest BCUT2D eigenvalue weighted by molar-refractivity contribution is 5.48. The highest BCUT2D eigenvalue weighted by atomic mass is 14.3. The predicted molar refractivity (Wildman–Crippen MR) is 82.6 cm³/mol. The van der Waals surface area contributed by atoms with Gasteiger partial charge in [0.15, 0.2) is 0 Å². The van der Waals surface area contributed by atoms with Gasteiger partial charge in [-0.05, 0) is 35.7 Å². The Hall–Kier alpha value is -2.34. The van der Waals surface area contributed by atoms with Gasteiger partial charge < -0.3 is 0 Å². The lowest BCUT2D eigenvalue weighted by Gasteiger charge is -2.31. The maximum atomic E-state index is 3.39. The molecule has 0 spiro atoms. The van der Waals surface area contributed by atoms with Gasteiger partial charge in [-0.2, -0.15) is 0 Å². The molecule has 0 heterocycles. The van der Waals surface area contributed by atoms with E-state index in [0.717, 1.165) is 11.1 Å². The van der Waals surface area contributed by atoms with Gasteiger partial charge in [-0.1, -0.05) is 78.9 Å². The third kappa shape index (κ3) is 2.14. The molecule has 0 bridgehead atoms. The predicted octanol–water partition coefficient (Wildman–Crippen LogP) is 4.64. The van der Waals surface area contributed by atoms with Crippen molar-refractivity contribution in [2.45, 2.75) is 12.3 Å². The smallest absolute Gasteiger partial charge is 0.0435 e. The molecule has 3 aromatic rings. The van der Waals surface area contributed by atoms with Crippen LogP contribution < -0.4 is 0 Å². The quantitative estimate of drug-likeness (QED) is 0.599. The Morgan fingerprint density at radius 2 is 1.15 bits per heavy atom. The SMILES string of the molecule is CC(c1[c]cccc1)(c1[c]cccc1)c1ccccc1. The van der Waals surface area contributed by atoms with E-state index < -0.39 is 0 Å². The Labute approximate surface area is 120 Å². The van der Waals surface area contributed by atoms with E-state index in [1.165, 1.54) is 5.56 Å². The topological polar surface area (TPSA) is 0 Å². The molecule has 2 radical (unpaired) electrons. The molecular formula is C20H16. The lowest BCUT2D eigenvalue weighted by Crippen LogP contribution is -2.25. The van der Waals surface area contributed by atoms with E-state index in [-0.39, 0.29) is 5.41 Å². The highest BCUT2D eigenvalue weighted by Crippen LogP contribution is 2.37. The van der Waals surface area contributed by atoms with Crippen molar-refractivity contribution in [1.29, 1.82) is 0 Å². The minimum Gasteiger partial charge on any atom is -0.0622 e. The van der Waals surface area contributed by atoms with Crippen molar-refractivity contribution in [2.24, 2.45) is 0 Å². The molecule has 0 fully saturated rings. The van der Waals surface area contributed by atoms with Crippen molar-refractivity contribution in [3.8, 4) is 0 Å². The molecule has 0 atom stereocenters. The van der Waals surface area contributed by atoms with Crippen LogP contribution in [0.2, 0.25) is 0 Å². The Balaban J connectivity index is 2.24. The second-order valence-corrected chi connectivity index (χ2v) is 5.04. The molecule has 0 aliphatic carbocycles. The van der Waals surface area contributed by atoms with Gasteiger partial charge in [0.25, 0.3) is 0 Å². The van der Waals surface area contributed by atoms with Crippen LogP contribution in [0.15, 0.2) is 78.9 Å². The first-order valence-corrected chi connectivity index (χ1v) is 6.82. The second kappa shape index (κ2) is 5.34. The third-order valence-electron chi connectivity index (χ3n) is 3.85. The van der Waals surface area contributed by atoms with E-state index in [4.69, 9.17) is 0 Å². The minimum absolute atomic E-state index is 0.232. The van der Waals surface area contributed by atoms with Gasteiger partial charge in [-0.15, -0.1) is 0 Å². The monoisotopic (exact) mass is 256 g/mol. The molecule has 0 saturated carbocycles. The van der Waals surface area contributed by atoms with Crippen LogP contribution in [-0.4, -0.2) is 0 Å². The Kier molecular flexibility index (Phi) is 3.39.